The standard InChI is InChI=1S/C16H21N5O6/c1-8(23)18-9-5-10(11(6-22)27-15(9)26-4)21-7-17-13-12(21)14(24)20(3)16(25)19(13)2/h5,7,10-11,15,22H,6H2,1-4H3,(H,18,23). The normalized spacial score (nSPS) is 22.7. The Morgan fingerprint density at radius 3 is 2.67 bits per heavy atom. The summed E-state index contributed by atoms with van der Waals surface area (Å²) in [6.45, 7) is 0.985. The first-order valence-corrected chi connectivity index (χ1v) is 8.21. The number of nitrogens with zero attached hydrogens (tertiary/aromatic N) is 4. The topological polar surface area (TPSA) is 130 Å². The van der Waals surface area contributed by atoms with E-state index in [4.69, 9.17) is 9.47 Å². The van der Waals surface area contributed by atoms with E-state index >= 15 is 0 Å². The van der Waals surface area contributed by atoms with Crippen LogP contribution in [0.2, 0.25) is 0 Å². The van der Waals surface area contributed by atoms with E-state index in [-0.39, 0.29) is 23.7 Å². The van der Waals surface area contributed by atoms with E-state index in [2.05, 4.69) is 10.3 Å². The van der Waals surface area contributed by atoms with Crippen molar-refractivity contribution in [2.45, 2.75) is 25.4 Å². The van der Waals surface area contributed by atoms with Crippen LogP contribution in [-0.2, 0) is 28.4 Å². The van der Waals surface area contributed by atoms with Crippen LogP contribution in [0.4, 0.5) is 0 Å². The molecule has 3 atom stereocenters. The summed E-state index contributed by atoms with van der Waals surface area (Å²) in [5.41, 5.74) is -0.275. The first-order chi connectivity index (χ1) is 12.8. The SMILES string of the molecule is COC1OC(CO)C(n2cnc3c2c(=O)n(C)c(=O)n3C)C=C1NC(C)=O. The van der Waals surface area contributed by atoms with E-state index in [0.29, 0.717) is 5.70 Å². The van der Waals surface area contributed by atoms with E-state index in [0.717, 1.165) is 4.57 Å². The fourth-order valence-electron chi connectivity index (χ4n) is 3.17. The molecule has 0 saturated heterocycles. The number of hydrogen-bond donors (Lipinski definition) is 2. The van der Waals surface area contributed by atoms with E-state index in [1.165, 1.54) is 43.6 Å². The molecular weight excluding hydrogens is 358 g/mol. The van der Waals surface area contributed by atoms with Gasteiger partial charge in [0.1, 0.15) is 6.10 Å². The van der Waals surface area contributed by atoms with E-state index in [1.54, 1.807) is 6.08 Å². The molecule has 11 heteroatoms. The van der Waals surface area contributed by atoms with Crippen molar-refractivity contribution < 1.29 is 19.4 Å². The molecule has 1 aliphatic heterocycles. The van der Waals surface area contributed by atoms with Crippen LogP contribution in [0, 0.1) is 0 Å². The van der Waals surface area contributed by atoms with Crippen molar-refractivity contribution in [1.82, 2.24) is 24.0 Å². The number of nitrogens with one attached hydrogen (secondary N) is 1. The summed E-state index contributed by atoms with van der Waals surface area (Å²) in [6.07, 6.45) is 1.42. The Labute approximate surface area is 153 Å². The van der Waals surface area contributed by atoms with Crippen LogP contribution in [-0.4, -0.2) is 55.8 Å². The van der Waals surface area contributed by atoms with Gasteiger partial charge in [0.2, 0.25) is 5.91 Å². The molecule has 2 N–H and O–H groups in total. The molecule has 3 rings (SSSR count). The molecule has 1 aliphatic rings. The van der Waals surface area contributed by atoms with Crippen LogP contribution in [0.1, 0.15) is 13.0 Å². The minimum Gasteiger partial charge on any atom is -0.394 e. The highest BCUT2D eigenvalue weighted by Gasteiger charge is 2.34. The molecule has 27 heavy (non-hydrogen) atoms. The maximum absolute atomic E-state index is 12.7. The van der Waals surface area contributed by atoms with Gasteiger partial charge in [0, 0.05) is 28.1 Å². The minimum absolute atomic E-state index is 0.181. The van der Waals surface area contributed by atoms with Gasteiger partial charge in [-0.25, -0.2) is 9.78 Å². The van der Waals surface area contributed by atoms with Crippen molar-refractivity contribution in [3.63, 3.8) is 0 Å². The first kappa shape index (κ1) is 19.0. The molecule has 2 aromatic heterocycles. The lowest BCUT2D eigenvalue weighted by atomic mass is 10.1. The summed E-state index contributed by atoms with van der Waals surface area (Å²) < 4.78 is 14.7. The average Bonchev–Trinajstić information content (AvgIpc) is 3.08. The molecule has 3 heterocycles. The molecule has 0 radical (unpaired) electrons. The lowest BCUT2D eigenvalue weighted by molar-refractivity contribution is -0.164. The predicted molar refractivity (Wildman–Crippen MR) is 93.9 cm³/mol. The van der Waals surface area contributed by atoms with Crippen molar-refractivity contribution in [3.8, 4) is 0 Å². The molecule has 0 bridgehead atoms. The van der Waals surface area contributed by atoms with Gasteiger partial charge < -0.3 is 24.5 Å². The van der Waals surface area contributed by atoms with Crippen LogP contribution in [0.3, 0.4) is 0 Å². The Morgan fingerprint density at radius 1 is 1.37 bits per heavy atom. The molecule has 0 aliphatic carbocycles. The van der Waals surface area contributed by atoms with Crippen molar-refractivity contribution in [2.24, 2.45) is 14.1 Å². The number of methoxy groups -OCH3 is 1. The molecular formula is C16H21N5O6. The zero-order valence-corrected chi connectivity index (χ0v) is 15.4. The number of ether oxygens (including phenoxy) is 2. The number of rotatable bonds is 4. The Hall–Kier alpha value is -2.76. The highest BCUT2D eigenvalue weighted by molar-refractivity contribution is 5.75. The van der Waals surface area contributed by atoms with Gasteiger partial charge >= 0.3 is 5.69 Å². The number of amides is 1. The number of carbonyl (C=O) groups is 1. The second-order valence-corrected chi connectivity index (χ2v) is 6.25. The van der Waals surface area contributed by atoms with E-state index in [1.807, 2.05) is 0 Å². The molecule has 11 nitrogen and oxygen atoms in total. The molecule has 0 spiro atoms. The van der Waals surface area contributed by atoms with Gasteiger partial charge in [0.25, 0.3) is 5.56 Å². The highest BCUT2D eigenvalue weighted by atomic mass is 16.7. The fourth-order valence-corrected chi connectivity index (χ4v) is 3.17. The number of carbonyl (C=O) groups excluding carboxylic acids is 1. The van der Waals surface area contributed by atoms with Gasteiger partial charge in [0.05, 0.1) is 24.7 Å². The van der Waals surface area contributed by atoms with E-state index < -0.39 is 29.7 Å². The van der Waals surface area contributed by atoms with Gasteiger partial charge in [-0.1, -0.05) is 0 Å². The number of imidazole rings is 1. The Morgan fingerprint density at radius 2 is 2.07 bits per heavy atom. The highest BCUT2D eigenvalue weighted by Crippen LogP contribution is 2.29. The van der Waals surface area contributed by atoms with Crippen LogP contribution in [0.25, 0.3) is 11.2 Å². The van der Waals surface area contributed by atoms with Crippen molar-refractivity contribution in [1.29, 1.82) is 0 Å². The lowest BCUT2D eigenvalue weighted by Gasteiger charge is -2.34. The monoisotopic (exact) mass is 379 g/mol. The number of fused-ring (bicyclic) bond motifs is 1. The molecule has 2 aromatic rings. The quantitative estimate of drug-likeness (QED) is 0.652. The van der Waals surface area contributed by atoms with Crippen molar-refractivity contribution >= 4 is 17.1 Å². The molecule has 3 unspecified atom stereocenters. The minimum atomic E-state index is -0.871. The second-order valence-electron chi connectivity index (χ2n) is 6.25. The summed E-state index contributed by atoms with van der Waals surface area (Å²) in [4.78, 5) is 40.4. The van der Waals surface area contributed by atoms with Gasteiger partial charge in [-0.05, 0) is 6.08 Å². The van der Waals surface area contributed by atoms with Crippen molar-refractivity contribution in [2.75, 3.05) is 13.7 Å². The largest absolute Gasteiger partial charge is 0.394 e. The molecule has 0 saturated carbocycles. The molecule has 1 amide bonds. The summed E-state index contributed by atoms with van der Waals surface area (Å²) in [5.74, 6) is -0.318. The van der Waals surface area contributed by atoms with Crippen molar-refractivity contribution in [3.05, 3.63) is 38.9 Å². The average molecular weight is 379 g/mol. The first-order valence-electron chi connectivity index (χ1n) is 8.21. The number of aromatic nitrogens is 4. The number of aliphatic hydroxyl groups is 1. The van der Waals surface area contributed by atoms with Gasteiger partial charge in [0.15, 0.2) is 17.5 Å². The van der Waals surface area contributed by atoms with E-state index in [9.17, 15) is 19.5 Å². The van der Waals surface area contributed by atoms with Crippen LogP contribution in [0.5, 0.6) is 0 Å². The third kappa shape index (κ3) is 3.09. The second kappa shape index (κ2) is 7.10. The smallest absolute Gasteiger partial charge is 0.332 e. The predicted octanol–water partition coefficient (Wildman–Crippen LogP) is -1.64. The third-order valence-electron chi connectivity index (χ3n) is 4.49. The fraction of sp³-hybridized carbons (Fsp3) is 0.500. The Bertz CT molecular complexity index is 1030. The summed E-state index contributed by atoms with van der Waals surface area (Å²) in [5, 5.41) is 12.4. The zero-order chi connectivity index (χ0) is 19.9. The zero-order valence-electron chi connectivity index (χ0n) is 15.4. The molecule has 146 valence electrons. The number of aryl methyl sites for hydroxylation is 1. The maximum atomic E-state index is 12.7. The summed E-state index contributed by atoms with van der Waals surface area (Å²) >= 11 is 0. The molecule has 0 aromatic carbocycles. The Balaban J connectivity index is 2.23. The van der Waals surface area contributed by atoms with Crippen LogP contribution >= 0.6 is 0 Å². The molecule has 0 fully saturated rings. The van der Waals surface area contributed by atoms with Gasteiger partial charge in [-0.2, -0.15) is 0 Å². The Kier molecular flexibility index (Phi) is 5.00. The third-order valence-corrected chi connectivity index (χ3v) is 4.49. The summed E-state index contributed by atoms with van der Waals surface area (Å²) in [6, 6.07) is -0.654. The van der Waals surface area contributed by atoms with Gasteiger partial charge in [-0.15, -0.1) is 0 Å². The van der Waals surface area contributed by atoms with Crippen LogP contribution in [0.15, 0.2) is 27.7 Å². The lowest BCUT2D eigenvalue weighted by Crippen LogP contribution is -2.44. The summed E-state index contributed by atoms with van der Waals surface area (Å²) in [7, 11) is 4.30. The maximum Gasteiger partial charge on any atom is 0.332 e. The number of aliphatic hydroxyl groups excluding tert-OH is 1. The van der Waals surface area contributed by atoms with Crippen LogP contribution < -0.4 is 16.6 Å². The van der Waals surface area contributed by atoms with Gasteiger partial charge in [-0.3, -0.25) is 18.7 Å². The number of hydrogen-bond acceptors (Lipinski definition) is 7.